The molecule has 0 radical (unpaired) electrons. The third-order valence-electron chi connectivity index (χ3n) is 1.54. The first-order chi connectivity index (χ1) is 7.11. The Morgan fingerprint density at radius 3 is 2.13 bits per heavy atom. The zero-order valence-electron chi connectivity index (χ0n) is 9.54. The van der Waals surface area contributed by atoms with Gasteiger partial charge in [-0.2, -0.15) is 0 Å². The highest BCUT2D eigenvalue weighted by atomic mass is 16.5. The summed E-state index contributed by atoms with van der Waals surface area (Å²) in [5.41, 5.74) is 0.268. The van der Waals surface area contributed by atoms with Crippen LogP contribution in [0.3, 0.4) is 0 Å². The van der Waals surface area contributed by atoms with Gasteiger partial charge in [-0.05, 0) is 19.8 Å². The maximum absolute atomic E-state index is 11.2. The summed E-state index contributed by atoms with van der Waals surface area (Å²) in [6.45, 7) is 6.08. The first kappa shape index (κ1) is 13.7. The van der Waals surface area contributed by atoms with E-state index in [1.165, 1.54) is 6.92 Å². The quantitative estimate of drug-likeness (QED) is 0.500. The monoisotopic (exact) mass is 214 g/mol. The van der Waals surface area contributed by atoms with E-state index in [1.54, 1.807) is 0 Å². The van der Waals surface area contributed by atoms with Crippen LogP contribution in [0.4, 0.5) is 0 Å². The van der Waals surface area contributed by atoms with Crippen molar-refractivity contribution in [3.05, 3.63) is 11.6 Å². The van der Waals surface area contributed by atoms with Crippen LogP contribution in [0, 0.1) is 0 Å². The lowest BCUT2D eigenvalue weighted by Gasteiger charge is -2.03. The number of carbonyl (C=O) groups excluding carboxylic acids is 2. The summed E-state index contributed by atoms with van der Waals surface area (Å²) in [6, 6.07) is 0. The molecular formula is C11H18O4. The smallest absolute Gasteiger partial charge is 0.333 e. The molecule has 0 spiro atoms. The Morgan fingerprint density at radius 1 is 1.07 bits per heavy atom. The molecule has 0 fully saturated rings. The normalized spacial score (nSPS) is 11.0. The topological polar surface area (TPSA) is 52.6 Å². The van der Waals surface area contributed by atoms with Gasteiger partial charge in [-0.15, -0.1) is 0 Å². The molecule has 0 aromatic heterocycles. The minimum absolute atomic E-state index is 0.268. The lowest BCUT2D eigenvalue weighted by atomic mass is 10.3. The summed E-state index contributed by atoms with van der Waals surface area (Å²) in [4.78, 5) is 22.3. The Labute approximate surface area is 90.2 Å². The van der Waals surface area contributed by atoms with E-state index in [0.717, 1.165) is 18.9 Å². The largest absolute Gasteiger partial charge is 0.463 e. The van der Waals surface area contributed by atoms with Gasteiger partial charge in [0.25, 0.3) is 0 Å². The number of esters is 2. The molecule has 0 aromatic carbocycles. The summed E-state index contributed by atoms with van der Waals surface area (Å²) in [5, 5.41) is 0. The summed E-state index contributed by atoms with van der Waals surface area (Å²) < 4.78 is 9.64. The summed E-state index contributed by atoms with van der Waals surface area (Å²) in [5.74, 6) is -0.965. The van der Waals surface area contributed by atoms with Gasteiger partial charge < -0.3 is 9.47 Å². The standard InChI is InChI=1S/C11H18O4/c1-4-6-14-10(12)8-9(3)11(13)15-7-5-2/h8H,4-7H2,1-3H3. The maximum atomic E-state index is 11.2. The van der Waals surface area contributed by atoms with E-state index in [1.807, 2.05) is 13.8 Å². The van der Waals surface area contributed by atoms with Crippen LogP contribution in [0.5, 0.6) is 0 Å². The molecule has 0 unspecified atom stereocenters. The molecule has 86 valence electrons. The molecule has 15 heavy (non-hydrogen) atoms. The molecule has 4 nitrogen and oxygen atoms in total. The van der Waals surface area contributed by atoms with E-state index in [2.05, 4.69) is 0 Å². The SMILES string of the molecule is CCCOC(=O)C=C(C)C(=O)OCCC. The molecule has 0 aliphatic carbocycles. The van der Waals surface area contributed by atoms with Gasteiger partial charge in [0.1, 0.15) is 0 Å². The average Bonchev–Trinajstić information content (AvgIpc) is 2.22. The van der Waals surface area contributed by atoms with Crippen molar-refractivity contribution < 1.29 is 19.1 Å². The van der Waals surface area contributed by atoms with Crippen molar-refractivity contribution in [2.24, 2.45) is 0 Å². The van der Waals surface area contributed by atoms with Crippen LogP contribution in [-0.4, -0.2) is 25.2 Å². The highest BCUT2D eigenvalue weighted by molar-refractivity contribution is 5.95. The van der Waals surface area contributed by atoms with Crippen molar-refractivity contribution >= 4 is 11.9 Å². The van der Waals surface area contributed by atoms with E-state index < -0.39 is 11.9 Å². The predicted molar refractivity (Wildman–Crippen MR) is 56.3 cm³/mol. The van der Waals surface area contributed by atoms with Crippen LogP contribution < -0.4 is 0 Å². The molecule has 0 bridgehead atoms. The second-order valence-corrected chi connectivity index (χ2v) is 3.13. The zero-order chi connectivity index (χ0) is 11.7. The lowest BCUT2D eigenvalue weighted by Crippen LogP contribution is -2.09. The second-order valence-electron chi connectivity index (χ2n) is 3.13. The van der Waals surface area contributed by atoms with Crippen molar-refractivity contribution in [2.75, 3.05) is 13.2 Å². The fraction of sp³-hybridized carbons (Fsp3) is 0.636. The zero-order valence-corrected chi connectivity index (χ0v) is 9.54. The second kappa shape index (κ2) is 8.03. The lowest BCUT2D eigenvalue weighted by molar-refractivity contribution is -0.141. The molecule has 0 saturated carbocycles. The van der Waals surface area contributed by atoms with Crippen LogP contribution in [0.15, 0.2) is 11.6 Å². The highest BCUT2D eigenvalue weighted by Crippen LogP contribution is 1.98. The van der Waals surface area contributed by atoms with Gasteiger partial charge in [-0.25, -0.2) is 9.59 Å². The maximum Gasteiger partial charge on any atom is 0.333 e. The van der Waals surface area contributed by atoms with Gasteiger partial charge in [0.2, 0.25) is 0 Å². The van der Waals surface area contributed by atoms with E-state index >= 15 is 0 Å². The van der Waals surface area contributed by atoms with Crippen molar-refractivity contribution in [2.45, 2.75) is 33.6 Å². The Hall–Kier alpha value is -1.32. The van der Waals surface area contributed by atoms with Crippen LogP contribution in [0.1, 0.15) is 33.6 Å². The van der Waals surface area contributed by atoms with E-state index in [-0.39, 0.29) is 5.57 Å². The van der Waals surface area contributed by atoms with Gasteiger partial charge in [-0.1, -0.05) is 13.8 Å². The first-order valence-electron chi connectivity index (χ1n) is 5.14. The van der Waals surface area contributed by atoms with Crippen molar-refractivity contribution in [3.8, 4) is 0 Å². The average molecular weight is 214 g/mol. The molecule has 0 N–H and O–H groups in total. The molecule has 0 aliphatic heterocycles. The molecule has 0 aromatic rings. The molecule has 4 heteroatoms. The molecule has 0 aliphatic rings. The third-order valence-corrected chi connectivity index (χ3v) is 1.54. The summed E-state index contributed by atoms with van der Waals surface area (Å²) in [7, 11) is 0. The molecular weight excluding hydrogens is 196 g/mol. The van der Waals surface area contributed by atoms with Gasteiger partial charge in [0.15, 0.2) is 0 Å². The molecule has 0 rings (SSSR count). The van der Waals surface area contributed by atoms with Crippen molar-refractivity contribution in [1.82, 2.24) is 0 Å². The molecule has 0 saturated heterocycles. The van der Waals surface area contributed by atoms with Crippen LogP contribution in [-0.2, 0) is 19.1 Å². The Balaban J connectivity index is 4.05. The first-order valence-corrected chi connectivity index (χ1v) is 5.14. The minimum Gasteiger partial charge on any atom is -0.463 e. The Morgan fingerprint density at radius 2 is 1.60 bits per heavy atom. The Kier molecular flexibility index (Phi) is 7.32. The number of rotatable bonds is 6. The fourth-order valence-corrected chi connectivity index (χ4v) is 0.789. The van der Waals surface area contributed by atoms with Gasteiger partial charge >= 0.3 is 11.9 Å². The van der Waals surface area contributed by atoms with Crippen LogP contribution in [0.2, 0.25) is 0 Å². The van der Waals surface area contributed by atoms with Crippen LogP contribution >= 0.6 is 0 Å². The molecule has 0 atom stereocenters. The van der Waals surface area contributed by atoms with Gasteiger partial charge in [0.05, 0.1) is 13.2 Å². The van der Waals surface area contributed by atoms with Crippen molar-refractivity contribution in [1.29, 1.82) is 0 Å². The van der Waals surface area contributed by atoms with Gasteiger partial charge in [0, 0.05) is 11.6 Å². The summed E-state index contributed by atoms with van der Waals surface area (Å²) >= 11 is 0. The number of carbonyl (C=O) groups is 2. The predicted octanol–water partition coefficient (Wildman–Crippen LogP) is 1.84. The number of hydrogen-bond donors (Lipinski definition) is 0. The van der Waals surface area contributed by atoms with Crippen LogP contribution in [0.25, 0.3) is 0 Å². The Bertz CT molecular complexity index is 243. The van der Waals surface area contributed by atoms with E-state index in [9.17, 15) is 9.59 Å². The fourth-order valence-electron chi connectivity index (χ4n) is 0.789. The molecule has 0 heterocycles. The minimum atomic E-state index is -0.497. The third kappa shape index (κ3) is 6.71. The van der Waals surface area contributed by atoms with Gasteiger partial charge in [-0.3, -0.25) is 0 Å². The van der Waals surface area contributed by atoms with E-state index in [4.69, 9.17) is 9.47 Å². The number of hydrogen-bond acceptors (Lipinski definition) is 4. The number of ether oxygens (including phenoxy) is 2. The van der Waals surface area contributed by atoms with E-state index in [0.29, 0.717) is 13.2 Å². The molecule has 0 amide bonds. The summed E-state index contributed by atoms with van der Waals surface area (Å²) in [6.07, 6.45) is 2.69. The highest BCUT2D eigenvalue weighted by Gasteiger charge is 2.07. The van der Waals surface area contributed by atoms with Crippen molar-refractivity contribution in [3.63, 3.8) is 0 Å².